The number of amidine groups is 1. The molecule has 0 aromatic rings. The number of rotatable bonds is 5. The summed E-state index contributed by atoms with van der Waals surface area (Å²) in [6, 6.07) is 0. The van der Waals surface area contributed by atoms with E-state index in [1.807, 2.05) is 0 Å². The van der Waals surface area contributed by atoms with Gasteiger partial charge in [-0.1, -0.05) is 17.8 Å². The van der Waals surface area contributed by atoms with Crippen LogP contribution in [0.3, 0.4) is 0 Å². The van der Waals surface area contributed by atoms with Gasteiger partial charge < -0.3 is 4.74 Å². The van der Waals surface area contributed by atoms with Gasteiger partial charge in [0.05, 0.1) is 25.3 Å². The molecule has 17 heavy (non-hydrogen) atoms. The molecule has 7 heteroatoms. The highest BCUT2D eigenvalue weighted by molar-refractivity contribution is 8.93. The largest absolute Gasteiger partial charge is 0.466 e. The molecule has 0 aromatic heterocycles. The van der Waals surface area contributed by atoms with Crippen LogP contribution in [0.2, 0.25) is 0 Å². The summed E-state index contributed by atoms with van der Waals surface area (Å²) in [5.41, 5.74) is 0.737. The monoisotopic (exact) mass is 321 g/mol. The lowest BCUT2D eigenvalue weighted by molar-refractivity contribution is -0.141. The average molecular weight is 322 g/mol. The summed E-state index contributed by atoms with van der Waals surface area (Å²) >= 11 is 1.36. The smallest absolute Gasteiger partial charge is 0.311 e. The van der Waals surface area contributed by atoms with Crippen LogP contribution >= 0.6 is 28.7 Å². The van der Waals surface area contributed by atoms with Gasteiger partial charge in [-0.05, 0) is 6.92 Å². The summed E-state index contributed by atoms with van der Waals surface area (Å²) < 4.78 is 4.85. The van der Waals surface area contributed by atoms with Crippen LogP contribution in [0.1, 0.15) is 13.3 Å². The number of nitrogens with zero attached hydrogens (tertiary/aromatic N) is 2. The second-order valence-corrected chi connectivity index (χ2v) is 4.08. The van der Waals surface area contributed by atoms with Crippen LogP contribution in [0.15, 0.2) is 17.8 Å². The van der Waals surface area contributed by atoms with Gasteiger partial charge in [-0.25, -0.2) is 5.01 Å². The summed E-state index contributed by atoms with van der Waals surface area (Å²) in [4.78, 5) is 11.3. The van der Waals surface area contributed by atoms with E-state index in [9.17, 15) is 4.79 Å². The van der Waals surface area contributed by atoms with Crippen molar-refractivity contribution in [3.8, 4) is 0 Å². The van der Waals surface area contributed by atoms with Crippen molar-refractivity contribution in [1.29, 1.82) is 5.41 Å². The highest BCUT2D eigenvalue weighted by Gasteiger charge is 2.19. The molecule has 0 saturated heterocycles. The lowest BCUT2D eigenvalue weighted by Crippen LogP contribution is -2.31. The topological polar surface area (TPSA) is 65.8 Å². The van der Waals surface area contributed by atoms with Crippen LogP contribution in [0.5, 0.6) is 0 Å². The molecule has 1 aliphatic rings. The molecule has 1 heterocycles. The van der Waals surface area contributed by atoms with Crippen LogP contribution in [0, 0.1) is 5.41 Å². The number of halogens is 1. The zero-order valence-corrected chi connectivity index (χ0v) is 12.2. The van der Waals surface area contributed by atoms with Gasteiger partial charge in [-0.15, -0.1) is 23.6 Å². The van der Waals surface area contributed by atoms with Gasteiger partial charge in [0.15, 0.2) is 5.17 Å². The average Bonchev–Trinajstić information content (AvgIpc) is 2.24. The first-order valence-corrected chi connectivity index (χ1v) is 5.97. The molecule has 0 atom stereocenters. The molecule has 0 bridgehead atoms. The van der Waals surface area contributed by atoms with Crippen molar-refractivity contribution >= 4 is 45.6 Å². The van der Waals surface area contributed by atoms with Crippen molar-refractivity contribution in [2.24, 2.45) is 5.10 Å². The van der Waals surface area contributed by atoms with Crippen molar-refractivity contribution in [2.75, 3.05) is 18.9 Å². The number of esters is 1. The molecule has 5 nitrogen and oxygen atoms in total. The zero-order chi connectivity index (χ0) is 12.0. The number of carbonyl (C=O) groups is 1. The molecule has 0 unspecified atom stereocenters. The number of hydrogen-bond donors (Lipinski definition) is 1. The number of carbonyl (C=O) groups excluding carboxylic acids is 1. The van der Waals surface area contributed by atoms with Crippen molar-refractivity contribution in [3.63, 3.8) is 0 Å². The number of thioether (sulfide) groups is 1. The molecule has 0 aromatic carbocycles. The first kappa shape index (κ1) is 16.2. The number of nitrogens with one attached hydrogen (secondary N) is 1. The first-order chi connectivity index (χ1) is 7.67. The molecule has 0 saturated carbocycles. The Hall–Kier alpha value is -0.820. The van der Waals surface area contributed by atoms with Crippen molar-refractivity contribution in [2.45, 2.75) is 13.3 Å². The third-order valence-corrected chi connectivity index (χ3v) is 2.79. The summed E-state index contributed by atoms with van der Waals surface area (Å²) in [6.45, 7) is 6.23. The van der Waals surface area contributed by atoms with Gasteiger partial charge in [-0.3, -0.25) is 10.2 Å². The van der Waals surface area contributed by atoms with E-state index < -0.39 is 0 Å². The van der Waals surface area contributed by atoms with E-state index >= 15 is 0 Å². The van der Waals surface area contributed by atoms with Crippen molar-refractivity contribution in [1.82, 2.24) is 5.01 Å². The van der Waals surface area contributed by atoms with Crippen LogP contribution in [-0.2, 0) is 9.53 Å². The Morgan fingerprint density at radius 1 is 1.76 bits per heavy atom. The zero-order valence-electron chi connectivity index (χ0n) is 9.64. The van der Waals surface area contributed by atoms with Crippen LogP contribution in [0.4, 0.5) is 0 Å². The molecule has 0 fully saturated rings. The van der Waals surface area contributed by atoms with Gasteiger partial charge in [0.25, 0.3) is 0 Å². The summed E-state index contributed by atoms with van der Waals surface area (Å²) in [7, 11) is 0. The maximum Gasteiger partial charge on any atom is 0.311 e. The Balaban J connectivity index is 0.00000256. The lowest BCUT2D eigenvalue weighted by Gasteiger charge is -2.23. The van der Waals surface area contributed by atoms with Gasteiger partial charge in [0.2, 0.25) is 0 Å². The maximum absolute atomic E-state index is 11.3. The fourth-order valence-electron chi connectivity index (χ4n) is 1.18. The van der Waals surface area contributed by atoms with Crippen molar-refractivity contribution < 1.29 is 9.53 Å². The van der Waals surface area contributed by atoms with Gasteiger partial charge in [0.1, 0.15) is 0 Å². The Kier molecular flexibility index (Phi) is 7.90. The number of ether oxygens (including phenoxy) is 1. The fraction of sp³-hybridized carbons (Fsp3) is 0.500. The normalized spacial score (nSPS) is 14.8. The van der Waals surface area contributed by atoms with E-state index in [4.69, 9.17) is 10.1 Å². The second-order valence-electron chi connectivity index (χ2n) is 3.11. The molecule has 96 valence electrons. The minimum absolute atomic E-state index is 0. The van der Waals surface area contributed by atoms with Gasteiger partial charge in [0, 0.05) is 5.75 Å². The summed E-state index contributed by atoms with van der Waals surface area (Å²) in [6.07, 6.45) is 1.87. The molecule has 0 aliphatic carbocycles. The summed E-state index contributed by atoms with van der Waals surface area (Å²) in [5.74, 6) is 0.305. The SMILES string of the molecule is Br.C=CCN1N=C(CC(=O)OCC)CSC1=N. The summed E-state index contributed by atoms with van der Waals surface area (Å²) in [5, 5.41) is 13.7. The molecule has 1 aliphatic heterocycles. The molecular formula is C10H16BrN3O2S. The van der Waals surface area contributed by atoms with E-state index in [1.54, 1.807) is 13.0 Å². The predicted molar refractivity (Wildman–Crippen MR) is 76.1 cm³/mol. The highest BCUT2D eigenvalue weighted by Crippen LogP contribution is 2.16. The molecular weight excluding hydrogens is 306 g/mol. The van der Waals surface area contributed by atoms with Crippen molar-refractivity contribution in [3.05, 3.63) is 12.7 Å². The number of hydrogen-bond acceptors (Lipinski definition) is 5. The third kappa shape index (κ3) is 5.36. The van der Waals surface area contributed by atoms with E-state index in [-0.39, 0.29) is 29.4 Å². The molecule has 0 radical (unpaired) electrons. The maximum atomic E-state index is 11.3. The van der Waals surface area contributed by atoms with E-state index in [1.165, 1.54) is 16.8 Å². The molecule has 0 amide bonds. The van der Waals surface area contributed by atoms with Gasteiger partial charge >= 0.3 is 5.97 Å². The molecule has 1 rings (SSSR count). The quantitative estimate of drug-likeness (QED) is 0.621. The Morgan fingerprint density at radius 2 is 2.47 bits per heavy atom. The third-order valence-electron chi connectivity index (χ3n) is 1.83. The second kappa shape index (κ2) is 8.30. The van der Waals surface area contributed by atoms with Gasteiger partial charge in [-0.2, -0.15) is 5.10 Å². The van der Waals surface area contributed by atoms with E-state index in [0.29, 0.717) is 24.1 Å². The number of hydrazone groups is 1. The van der Waals surface area contributed by atoms with Crippen LogP contribution < -0.4 is 0 Å². The Morgan fingerprint density at radius 3 is 3.06 bits per heavy atom. The highest BCUT2D eigenvalue weighted by atomic mass is 79.9. The minimum Gasteiger partial charge on any atom is -0.466 e. The lowest BCUT2D eigenvalue weighted by atomic mass is 10.3. The predicted octanol–water partition coefficient (Wildman–Crippen LogP) is 2.04. The molecule has 0 spiro atoms. The van der Waals surface area contributed by atoms with E-state index in [2.05, 4.69) is 11.7 Å². The van der Waals surface area contributed by atoms with Crippen LogP contribution in [0.25, 0.3) is 0 Å². The first-order valence-electron chi connectivity index (χ1n) is 4.99. The van der Waals surface area contributed by atoms with E-state index in [0.717, 1.165) is 5.71 Å². The standard InChI is InChI=1S/C10H15N3O2S.BrH/c1-3-5-13-10(11)16-7-8(12-13)6-9(14)15-4-2;/h3,11H,1,4-7H2,2H3;1H. The Bertz CT molecular complexity index is 334. The fourth-order valence-corrected chi connectivity index (χ4v) is 1.91. The molecule has 1 N–H and O–H groups in total. The van der Waals surface area contributed by atoms with Crippen LogP contribution in [-0.4, -0.2) is 40.8 Å². The Labute approximate surface area is 116 Å². The minimum atomic E-state index is -0.270.